The number of hydrogen-bond donors (Lipinski definition) is 11. The Morgan fingerprint density at radius 1 is 0.692 bits per heavy atom. The minimum Gasteiger partial charge on any atom is -0.432 e. The van der Waals surface area contributed by atoms with Crippen molar-refractivity contribution >= 4 is 5.97 Å². The molecule has 8 aliphatic rings. The Morgan fingerprint density at radius 3 is 2.00 bits per heavy atom. The number of aliphatic hydroxyl groups is 11. The van der Waals surface area contributed by atoms with Gasteiger partial charge in [-0.1, -0.05) is 53.2 Å². The fraction of sp³-hybridized carbons (Fsp3) is 0.936. The van der Waals surface area contributed by atoms with Crippen molar-refractivity contribution in [1.82, 2.24) is 0 Å². The molecule has 5 aliphatic carbocycles. The molecule has 372 valence electrons. The fourth-order valence-electron chi connectivity index (χ4n) is 14.7. The summed E-state index contributed by atoms with van der Waals surface area (Å²) in [7, 11) is 0. The third kappa shape index (κ3) is 7.89. The van der Waals surface area contributed by atoms with Crippen molar-refractivity contribution in [2.45, 2.75) is 198 Å². The Balaban J connectivity index is 1.02. The smallest absolute Gasteiger partial charge is 0.315 e. The highest BCUT2D eigenvalue weighted by atomic mass is 16.7. The first-order valence-electron chi connectivity index (χ1n) is 23.9. The number of carbonyl (C=O) groups is 1. The molecule has 0 unspecified atom stereocenters. The van der Waals surface area contributed by atoms with Crippen LogP contribution in [0, 0.1) is 50.2 Å². The third-order valence-electron chi connectivity index (χ3n) is 19.0. The molecule has 0 aromatic rings. The van der Waals surface area contributed by atoms with E-state index in [9.17, 15) is 61.0 Å². The molecule has 4 saturated carbocycles. The summed E-state index contributed by atoms with van der Waals surface area (Å²) >= 11 is 0. The average Bonchev–Trinajstić information content (AvgIpc) is 3.26. The van der Waals surface area contributed by atoms with E-state index in [0.29, 0.717) is 25.7 Å². The summed E-state index contributed by atoms with van der Waals surface area (Å²) in [5.41, 5.74) is -1.23. The Kier molecular flexibility index (Phi) is 13.7. The molecule has 3 saturated heterocycles. The second-order valence-electron chi connectivity index (χ2n) is 22.9. The second-order valence-corrected chi connectivity index (χ2v) is 22.9. The van der Waals surface area contributed by atoms with E-state index >= 15 is 0 Å². The summed E-state index contributed by atoms with van der Waals surface area (Å²) in [5.74, 6) is -0.485. The maximum atomic E-state index is 14.9. The largest absolute Gasteiger partial charge is 0.432 e. The molecule has 0 radical (unpaired) electrons. The van der Waals surface area contributed by atoms with Gasteiger partial charge in [0, 0.05) is 5.41 Å². The summed E-state index contributed by atoms with van der Waals surface area (Å²) in [6.07, 6.45) is -12.5. The zero-order valence-electron chi connectivity index (χ0n) is 38.6. The van der Waals surface area contributed by atoms with Gasteiger partial charge in [-0.25, -0.2) is 0 Å². The van der Waals surface area contributed by atoms with Gasteiger partial charge >= 0.3 is 5.97 Å². The van der Waals surface area contributed by atoms with Crippen LogP contribution < -0.4 is 0 Å². The van der Waals surface area contributed by atoms with Crippen molar-refractivity contribution in [1.29, 1.82) is 0 Å². The highest BCUT2D eigenvalue weighted by Crippen LogP contribution is 2.76. The summed E-state index contributed by atoms with van der Waals surface area (Å²) in [6, 6.07) is 0. The minimum atomic E-state index is -1.81. The lowest BCUT2D eigenvalue weighted by Crippen LogP contribution is -2.67. The van der Waals surface area contributed by atoms with Crippen molar-refractivity contribution in [3.63, 3.8) is 0 Å². The molecule has 0 aromatic carbocycles. The summed E-state index contributed by atoms with van der Waals surface area (Å²) in [5, 5.41) is 116. The maximum absolute atomic E-state index is 14.9. The van der Waals surface area contributed by atoms with Gasteiger partial charge in [0.05, 0.1) is 37.9 Å². The van der Waals surface area contributed by atoms with Gasteiger partial charge in [-0.2, -0.15) is 0 Å². The van der Waals surface area contributed by atoms with Gasteiger partial charge in [0.25, 0.3) is 0 Å². The molecule has 18 heteroatoms. The quantitative estimate of drug-likeness (QED) is 0.0808. The normalized spacial score (nSPS) is 54.3. The molecule has 7 fully saturated rings. The number of fused-ring (bicyclic) bond motifs is 7. The van der Waals surface area contributed by atoms with Crippen LogP contribution in [-0.4, -0.2) is 181 Å². The Labute approximate surface area is 380 Å². The first-order chi connectivity index (χ1) is 30.4. The molecular formula is C47H76O18. The number of carbonyl (C=O) groups excluding carboxylic acids is 1. The number of rotatable bonds is 9. The van der Waals surface area contributed by atoms with Crippen molar-refractivity contribution in [3.8, 4) is 0 Å². The van der Waals surface area contributed by atoms with Crippen LogP contribution in [0.25, 0.3) is 0 Å². The SMILES string of the molecule is CC1(C)CC[C@@]2(C(=O)O[C@H]3O[C@@H](CO[C@@H]4O[C@H](CO)[C@@H](O)[C@H](O)[C@@H]4O)[C@H](O)[C@@H](O)[C@@H]3O)CC[C@@]3(C)C(=CC[C@@H]4[C@]5(C)CC[C@H](O[C@@H]6OC[C@@H](O)[C@H](O)[C@@H]6O)[C@@](C)(CO)[C@@H]5CC[C@@]43C)[C@@H]2C1. The Morgan fingerprint density at radius 2 is 1.32 bits per heavy atom. The van der Waals surface area contributed by atoms with Gasteiger partial charge in [0.2, 0.25) is 6.29 Å². The van der Waals surface area contributed by atoms with E-state index in [4.69, 9.17) is 28.4 Å². The number of esters is 1. The van der Waals surface area contributed by atoms with E-state index in [-0.39, 0.29) is 52.6 Å². The lowest BCUT2D eigenvalue weighted by molar-refractivity contribution is -0.328. The van der Waals surface area contributed by atoms with E-state index in [1.165, 1.54) is 5.57 Å². The Bertz CT molecular complexity index is 1760. The highest BCUT2D eigenvalue weighted by Gasteiger charge is 2.70. The van der Waals surface area contributed by atoms with E-state index in [1.807, 2.05) is 0 Å². The molecule has 0 amide bonds. The number of ether oxygens (including phenoxy) is 6. The molecule has 3 heterocycles. The van der Waals surface area contributed by atoms with Crippen LogP contribution in [0.3, 0.4) is 0 Å². The van der Waals surface area contributed by atoms with Crippen LogP contribution in [0.4, 0.5) is 0 Å². The van der Waals surface area contributed by atoms with Crippen molar-refractivity contribution in [2.24, 2.45) is 50.2 Å². The Hall–Kier alpha value is -1.43. The molecule has 23 atom stereocenters. The van der Waals surface area contributed by atoms with Gasteiger partial charge in [0.15, 0.2) is 12.6 Å². The van der Waals surface area contributed by atoms with Gasteiger partial charge in [0.1, 0.15) is 67.1 Å². The van der Waals surface area contributed by atoms with Crippen molar-refractivity contribution < 1.29 is 89.4 Å². The predicted molar refractivity (Wildman–Crippen MR) is 226 cm³/mol. The van der Waals surface area contributed by atoms with Gasteiger partial charge < -0.3 is 84.6 Å². The van der Waals surface area contributed by atoms with Gasteiger partial charge in [-0.05, 0) is 104 Å². The number of allylic oxidation sites excluding steroid dienone is 2. The van der Waals surface area contributed by atoms with Crippen LogP contribution >= 0.6 is 0 Å². The van der Waals surface area contributed by atoms with Crippen molar-refractivity contribution in [3.05, 3.63) is 11.6 Å². The molecule has 18 nitrogen and oxygen atoms in total. The summed E-state index contributed by atoms with van der Waals surface area (Å²) in [6.45, 7) is 12.1. The first-order valence-corrected chi connectivity index (χ1v) is 23.9. The standard InChI is InChI=1S/C47H76O18/c1-42(2)13-15-47(41(59)65-40-37(58)34(55)32(53)26(63-40)20-61-38-36(57)33(54)31(52)25(18-48)62-38)16-14-45(5)22(23(47)17-42)7-8-28-43(3)11-10-29(64-39-35(56)30(51)24(50)19-60-39)44(4,21-49)27(43)9-12-46(28,45)6/h7,23-40,48-58H,8-21H2,1-6H3/t23-,24+,25+,26-,27+,28+,29-,30-,31+,32-,33-,34+,35-,36-,37-,38+,39-,40+,43+,44-,45-,46-,47+/m0/s1. The third-order valence-corrected chi connectivity index (χ3v) is 19.0. The van der Waals surface area contributed by atoms with E-state index in [2.05, 4.69) is 47.6 Å². The van der Waals surface area contributed by atoms with Crippen molar-refractivity contribution in [2.75, 3.05) is 26.4 Å². The lowest BCUT2D eigenvalue weighted by Gasteiger charge is -2.71. The molecule has 0 aromatic heterocycles. The number of aliphatic hydroxyl groups excluding tert-OH is 11. The lowest BCUT2D eigenvalue weighted by atomic mass is 9.33. The minimum absolute atomic E-state index is 0.0557. The average molecular weight is 929 g/mol. The number of hydrogen-bond acceptors (Lipinski definition) is 18. The van der Waals surface area contributed by atoms with E-state index in [1.54, 1.807) is 0 Å². The van der Waals surface area contributed by atoms with Crippen LogP contribution in [-0.2, 0) is 33.2 Å². The predicted octanol–water partition coefficient (Wildman–Crippen LogP) is -0.248. The highest BCUT2D eigenvalue weighted by molar-refractivity contribution is 5.79. The van der Waals surface area contributed by atoms with Gasteiger partial charge in [-0.3, -0.25) is 4.79 Å². The van der Waals surface area contributed by atoms with E-state index < -0.39 is 122 Å². The zero-order valence-corrected chi connectivity index (χ0v) is 38.6. The molecular weight excluding hydrogens is 852 g/mol. The molecule has 0 spiro atoms. The summed E-state index contributed by atoms with van der Waals surface area (Å²) in [4.78, 5) is 14.9. The van der Waals surface area contributed by atoms with Gasteiger partial charge in [-0.15, -0.1) is 0 Å². The molecule has 3 aliphatic heterocycles. The molecule has 11 N–H and O–H groups in total. The topological polar surface area (TPSA) is 295 Å². The van der Waals surface area contributed by atoms with Crippen LogP contribution in [0.2, 0.25) is 0 Å². The summed E-state index contributed by atoms with van der Waals surface area (Å²) < 4.78 is 35.2. The zero-order chi connectivity index (χ0) is 47.4. The van der Waals surface area contributed by atoms with Crippen LogP contribution in [0.15, 0.2) is 11.6 Å². The van der Waals surface area contributed by atoms with Crippen LogP contribution in [0.1, 0.15) is 106 Å². The van der Waals surface area contributed by atoms with Crippen LogP contribution in [0.5, 0.6) is 0 Å². The maximum Gasteiger partial charge on any atom is 0.315 e. The first kappa shape index (κ1) is 50.0. The second kappa shape index (κ2) is 17.8. The van der Waals surface area contributed by atoms with E-state index in [0.717, 1.165) is 38.5 Å². The molecule has 8 rings (SSSR count). The molecule has 0 bridgehead atoms. The fourth-order valence-corrected chi connectivity index (χ4v) is 14.7. The monoisotopic (exact) mass is 929 g/mol. The molecule has 65 heavy (non-hydrogen) atoms.